The molecule has 2 aromatic heterocycles. The largest absolute Gasteiger partial charge is 0.481 e. The zero-order chi connectivity index (χ0) is 17.9. The smallest absolute Gasteiger partial charge is 0.212 e. The Kier molecular flexibility index (Phi) is 5.34. The number of hydrogen-bond acceptors (Lipinski definition) is 6. The van der Waals surface area contributed by atoms with Crippen LogP contribution in [-0.2, 0) is 12.1 Å². The molecule has 2 aromatic rings. The zero-order valence-corrected chi connectivity index (χ0v) is 15.1. The molecular weight excluding hydrogens is 318 g/mol. The normalized spacial score (nSPS) is 21.3. The van der Waals surface area contributed by atoms with E-state index in [0.29, 0.717) is 17.6 Å². The van der Waals surface area contributed by atoms with E-state index in [0.717, 1.165) is 24.9 Å². The molecule has 0 radical (unpaired) electrons. The van der Waals surface area contributed by atoms with Crippen LogP contribution in [0.15, 0.2) is 24.5 Å². The van der Waals surface area contributed by atoms with Gasteiger partial charge in [-0.3, -0.25) is 0 Å². The maximum Gasteiger partial charge on any atom is 0.212 e. The Morgan fingerprint density at radius 1 is 1.32 bits per heavy atom. The number of rotatable bonds is 6. The number of nitrogens with zero attached hydrogens (tertiary/aromatic N) is 4. The second-order valence-electron chi connectivity index (χ2n) is 7.19. The lowest BCUT2D eigenvalue weighted by atomic mass is 9.90. The van der Waals surface area contributed by atoms with Gasteiger partial charge in [-0.1, -0.05) is 24.1 Å². The molecule has 0 saturated heterocycles. The Labute approximate surface area is 148 Å². The highest BCUT2D eigenvalue weighted by atomic mass is 16.5. The molecule has 136 valence electrons. The molecule has 7 heteroatoms. The first-order chi connectivity index (χ1) is 12.0. The molecule has 2 heterocycles. The zero-order valence-electron chi connectivity index (χ0n) is 15.1. The summed E-state index contributed by atoms with van der Waals surface area (Å²) in [4.78, 5) is 4.25. The topological polar surface area (TPSA) is 85.1 Å². The Morgan fingerprint density at radius 3 is 2.76 bits per heavy atom. The maximum atomic E-state index is 10.1. The molecule has 1 aliphatic carbocycles. The third-order valence-electron chi connectivity index (χ3n) is 4.78. The van der Waals surface area contributed by atoms with Crippen LogP contribution in [0.3, 0.4) is 0 Å². The monoisotopic (exact) mass is 345 g/mol. The van der Waals surface area contributed by atoms with Crippen molar-refractivity contribution in [3.05, 3.63) is 35.8 Å². The van der Waals surface area contributed by atoms with Crippen molar-refractivity contribution in [3.8, 4) is 5.88 Å². The fourth-order valence-corrected chi connectivity index (χ4v) is 3.27. The third-order valence-corrected chi connectivity index (χ3v) is 4.78. The second-order valence-corrected chi connectivity index (χ2v) is 7.19. The van der Waals surface area contributed by atoms with E-state index in [-0.39, 0.29) is 6.04 Å². The average Bonchev–Trinajstić information content (AvgIpc) is 3.11. The van der Waals surface area contributed by atoms with Gasteiger partial charge in [-0.25, -0.2) is 9.67 Å². The maximum absolute atomic E-state index is 10.1. The van der Waals surface area contributed by atoms with E-state index in [2.05, 4.69) is 20.6 Å². The Morgan fingerprint density at radius 2 is 2.12 bits per heavy atom. The van der Waals surface area contributed by atoms with Gasteiger partial charge in [-0.05, 0) is 32.3 Å². The molecule has 0 unspecified atom stereocenters. The minimum atomic E-state index is -0.968. The van der Waals surface area contributed by atoms with Gasteiger partial charge >= 0.3 is 0 Å². The van der Waals surface area contributed by atoms with Crippen LogP contribution in [0.4, 0.5) is 0 Å². The molecule has 25 heavy (non-hydrogen) atoms. The van der Waals surface area contributed by atoms with Gasteiger partial charge < -0.3 is 15.2 Å². The van der Waals surface area contributed by atoms with E-state index in [1.165, 1.54) is 12.8 Å². The Balaban J connectivity index is 1.67. The number of nitrogens with one attached hydrogen (secondary N) is 1. The minimum Gasteiger partial charge on any atom is -0.481 e. The fraction of sp³-hybridized carbons (Fsp3) is 0.611. The van der Waals surface area contributed by atoms with Crippen molar-refractivity contribution in [1.82, 2.24) is 25.3 Å². The summed E-state index contributed by atoms with van der Waals surface area (Å²) in [7, 11) is 1.62. The van der Waals surface area contributed by atoms with Crippen LogP contribution in [0.5, 0.6) is 5.88 Å². The SMILES string of the molecule is COc1ccc(CN[C@H]2CCCC[C@H]2n2cc(C(C)(C)O)nn2)cn1. The van der Waals surface area contributed by atoms with Gasteiger partial charge in [0, 0.05) is 24.8 Å². The summed E-state index contributed by atoms with van der Waals surface area (Å²) in [5.41, 5.74) is 0.766. The van der Waals surface area contributed by atoms with Crippen molar-refractivity contribution in [2.75, 3.05) is 7.11 Å². The number of aliphatic hydroxyl groups is 1. The van der Waals surface area contributed by atoms with Crippen LogP contribution in [0.25, 0.3) is 0 Å². The highest BCUT2D eigenvalue weighted by Gasteiger charge is 2.29. The molecule has 0 amide bonds. The van der Waals surface area contributed by atoms with Crippen molar-refractivity contribution >= 4 is 0 Å². The van der Waals surface area contributed by atoms with Gasteiger partial charge in [0.2, 0.25) is 5.88 Å². The highest BCUT2D eigenvalue weighted by molar-refractivity contribution is 5.17. The predicted octanol–water partition coefficient (Wildman–Crippen LogP) is 2.18. The number of aromatic nitrogens is 4. The van der Waals surface area contributed by atoms with Crippen LogP contribution in [0.1, 0.15) is 56.8 Å². The molecule has 0 bridgehead atoms. The summed E-state index contributed by atoms with van der Waals surface area (Å²) < 4.78 is 7.01. The Hall–Kier alpha value is -1.99. The molecular formula is C18H27N5O2. The van der Waals surface area contributed by atoms with Crippen molar-refractivity contribution in [1.29, 1.82) is 0 Å². The third kappa shape index (κ3) is 4.35. The lowest BCUT2D eigenvalue weighted by molar-refractivity contribution is 0.0736. The molecule has 0 spiro atoms. The van der Waals surface area contributed by atoms with Crippen LogP contribution in [-0.4, -0.2) is 38.2 Å². The molecule has 1 aliphatic rings. The fourth-order valence-electron chi connectivity index (χ4n) is 3.27. The van der Waals surface area contributed by atoms with E-state index in [1.54, 1.807) is 21.0 Å². The number of pyridine rings is 1. The molecule has 3 rings (SSSR count). The van der Waals surface area contributed by atoms with Gasteiger partial charge in [0.1, 0.15) is 11.3 Å². The first-order valence-corrected chi connectivity index (χ1v) is 8.84. The van der Waals surface area contributed by atoms with Crippen LogP contribution in [0, 0.1) is 0 Å². The molecule has 2 N–H and O–H groups in total. The van der Waals surface area contributed by atoms with Crippen LogP contribution in [0.2, 0.25) is 0 Å². The summed E-state index contributed by atoms with van der Waals surface area (Å²) in [6, 6.07) is 4.48. The summed E-state index contributed by atoms with van der Waals surface area (Å²) in [6.07, 6.45) is 8.27. The average molecular weight is 345 g/mol. The van der Waals surface area contributed by atoms with E-state index in [1.807, 2.05) is 29.2 Å². The van der Waals surface area contributed by atoms with E-state index in [4.69, 9.17) is 4.74 Å². The van der Waals surface area contributed by atoms with Gasteiger partial charge in [0.25, 0.3) is 0 Å². The lowest BCUT2D eigenvalue weighted by Gasteiger charge is -2.32. The lowest BCUT2D eigenvalue weighted by Crippen LogP contribution is -2.39. The van der Waals surface area contributed by atoms with Gasteiger partial charge in [-0.15, -0.1) is 5.10 Å². The molecule has 0 aromatic carbocycles. The van der Waals surface area contributed by atoms with E-state index in [9.17, 15) is 5.11 Å². The van der Waals surface area contributed by atoms with E-state index < -0.39 is 5.60 Å². The van der Waals surface area contributed by atoms with Gasteiger partial charge in [0.05, 0.1) is 19.3 Å². The first kappa shape index (κ1) is 17.8. The molecule has 2 atom stereocenters. The van der Waals surface area contributed by atoms with E-state index >= 15 is 0 Å². The van der Waals surface area contributed by atoms with Gasteiger partial charge in [0.15, 0.2) is 0 Å². The number of methoxy groups -OCH3 is 1. The summed E-state index contributed by atoms with van der Waals surface area (Å²) >= 11 is 0. The Bertz CT molecular complexity index is 678. The molecule has 0 aliphatic heterocycles. The van der Waals surface area contributed by atoms with Crippen molar-refractivity contribution in [2.24, 2.45) is 0 Å². The predicted molar refractivity (Wildman–Crippen MR) is 94.2 cm³/mol. The molecule has 7 nitrogen and oxygen atoms in total. The highest BCUT2D eigenvalue weighted by Crippen LogP contribution is 2.29. The van der Waals surface area contributed by atoms with Crippen molar-refractivity contribution in [2.45, 2.75) is 63.8 Å². The molecule has 1 saturated carbocycles. The second kappa shape index (κ2) is 7.49. The first-order valence-electron chi connectivity index (χ1n) is 8.84. The van der Waals surface area contributed by atoms with Crippen molar-refractivity contribution in [3.63, 3.8) is 0 Å². The number of hydrogen-bond donors (Lipinski definition) is 2. The van der Waals surface area contributed by atoms with Crippen LogP contribution < -0.4 is 10.1 Å². The van der Waals surface area contributed by atoms with Crippen molar-refractivity contribution < 1.29 is 9.84 Å². The quantitative estimate of drug-likeness (QED) is 0.835. The number of ether oxygens (including phenoxy) is 1. The summed E-state index contributed by atoms with van der Waals surface area (Å²) in [6.45, 7) is 4.22. The summed E-state index contributed by atoms with van der Waals surface area (Å²) in [5.74, 6) is 0.626. The van der Waals surface area contributed by atoms with Gasteiger partial charge in [-0.2, -0.15) is 0 Å². The van der Waals surface area contributed by atoms with Crippen LogP contribution >= 0.6 is 0 Å². The summed E-state index contributed by atoms with van der Waals surface area (Å²) in [5, 5.41) is 22.2. The minimum absolute atomic E-state index is 0.253. The molecule has 1 fully saturated rings. The standard InChI is InChI=1S/C18H27N5O2/c1-18(2,24)16-12-23(22-21-16)15-7-5-4-6-14(15)19-10-13-8-9-17(25-3)20-11-13/h8-9,11-12,14-15,19,24H,4-7,10H2,1-3H3/t14-,15+/m0/s1.